The van der Waals surface area contributed by atoms with Crippen molar-refractivity contribution in [3.63, 3.8) is 0 Å². The van der Waals surface area contributed by atoms with Gasteiger partial charge in [-0.05, 0) is 35.0 Å². The average Bonchev–Trinajstić information content (AvgIpc) is 2.72. The molecule has 0 fully saturated rings. The molecule has 0 aliphatic rings. The van der Waals surface area contributed by atoms with Crippen molar-refractivity contribution in [3.05, 3.63) is 20.9 Å². The van der Waals surface area contributed by atoms with Gasteiger partial charge in [-0.25, -0.2) is 0 Å². The molecule has 0 spiro atoms. The van der Waals surface area contributed by atoms with Gasteiger partial charge in [0.15, 0.2) is 0 Å². The van der Waals surface area contributed by atoms with E-state index in [4.69, 9.17) is 0 Å². The van der Waals surface area contributed by atoms with E-state index in [0.29, 0.717) is 0 Å². The van der Waals surface area contributed by atoms with Crippen LogP contribution in [-0.4, -0.2) is 13.1 Å². The molecule has 0 aromatic carbocycles. The van der Waals surface area contributed by atoms with Crippen molar-refractivity contribution in [2.45, 2.75) is 79.3 Å². The van der Waals surface area contributed by atoms with Crippen LogP contribution in [0.25, 0.3) is 0 Å². The van der Waals surface area contributed by atoms with Gasteiger partial charge in [-0.15, -0.1) is 11.3 Å². The summed E-state index contributed by atoms with van der Waals surface area (Å²) in [5, 5.41) is 7.08. The molecule has 0 saturated heterocycles. The summed E-state index contributed by atoms with van der Waals surface area (Å²) in [5.74, 6) is 0. The second kappa shape index (κ2) is 7.26. The second-order valence-electron chi connectivity index (χ2n) is 7.78. The summed E-state index contributed by atoms with van der Waals surface area (Å²) in [5.41, 5.74) is 3.47. The van der Waals surface area contributed by atoms with E-state index in [0.717, 1.165) is 26.2 Å². The molecule has 21 heavy (non-hydrogen) atoms. The fourth-order valence-corrected chi connectivity index (χ4v) is 4.04. The molecule has 3 heteroatoms. The number of hydrogen-bond donors (Lipinski definition) is 2. The fourth-order valence-electron chi connectivity index (χ4n) is 2.58. The Balaban J connectivity index is 3.40. The van der Waals surface area contributed by atoms with Crippen LogP contribution in [0.15, 0.2) is 0 Å². The summed E-state index contributed by atoms with van der Waals surface area (Å²) in [6, 6.07) is 0. The summed E-state index contributed by atoms with van der Waals surface area (Å²) in [7, 11) is 0. The maximum Gasteiger partial charge on any atom is 0.0219 e. The molecule has 1 heterocycles. The zero-order valence-corrected chi connectivity index (χ0v) is 16.1. The Morgan fingerprint density at radius 2 is 1.05 bits per heavy atom. The maximum absolute atomic E-state index is 3.54. The van der Waals surface area contributed by atoms with E-state index in [1.54, 1.807) is 9.75 Å². The first kappa shape index (κ1) is 18.7. The molecule has 1 rings (SSSR count). The van der Waals surface area contributed by atoms with Crippen LogP contribution >= 0.6 is 11.3 Å². The van der Waals surface area contributed by atoms with Gasteiger partial charge in [0.2, 0.25) is 0 Å². The molecule has 0 radical (unpaired) electrons. The van der Waals surface area contributed by atoms with Gasteiger partial charge < -0.3 is 10.6 Å². The Labute approximate surface area is 135 Å². The Bertz CT molecular complexity index is 407. The van der Waals surface area contributed by atoms with Crippen LogP contribution in [0, 0.1) is 0 Å². The minimum absolute atomic E-state index is 0.208. The third-order valence-corrected chi connectivity index (χ3v) is 5.71. The van der Waals surface area contributed by atoms with Crippen LogP contribution in [0.5, 0.6) is 0 Å². The van der Waals surface area contributed by atoms with Gasteiger partial charge in [0.05, 0.1) is 0 Å². The molecule has 1 aromatic heterocycles. The van der Waals surface area contributed by atoms with E-state index in [-0.39, 0.29) is 10.8 Å². The minimum Gasteiger partial charge on any atom is -0.313 e. The quantitative estimate of drug-likeness (QED) is 0.804. The number of hydrogen-bond acceptors (Lipinski definition) is 3. The van der Waals surface area contributed by atoms with Crippen LogP contribution in [0.4, 0.5) is 0 Å². The van der Waals surface area contributed by atoms with Crippen LogP contribution in [0.2, 0.25) is 0 Å². The van der Waals surface area contributed by atoms with Crippen molar-refractivity contribution in [2.75, 3.05) is 13.1 Å². The molecule has 0 atom stereocenters. The van der Waals surface area contributed by atoms with Crippen molar-refractivity contribution in [2.24, 2.45) is 0 Å². The van der Waals surface area contributed by atoms with Crippen LogP contribution < -0.4 is 10.6 Å². The van der Waals surface area contributed by atoms with Gasteiger partial charge in [-0.2, -0.15) is 0 Å². The first-order chi connectivity index (χ1) is 9.62. The Morgan fingerprint density at radius 3 is 1.29 bits per heavy atom. The Hall–Kier alpha value is -0.380. The summed E-state index contributed by atoms with van der Waals surface area (Å²) in [6.45, 7) is 22.3. The van der Waals surface area contributed by atoms with Gasteiger partial charge in [-0.1, -0.05) is 55.4 Å². The minimum atomic E-state index is 0.208. The third-order valence-electron chi connectivity index (χ3n) is 3.58. The SMILES string of the molecule is CCNCc1c(C(C)(C)C)sc(C(C)(C)C)c1CNCC. The molecule has 0 amide bonds. The zero-order valence-electron chi connectivity index (χ0n) is 15.2. The summed E-state index contributed by atoms with van der Waals surface area (Å²) in [4.78, 5) is 3.09. The monoisotopic (exact) mass is 310 g/mol. The topological polar surface area (TPSA) is 24.1 Å². The Morgan fingerprint density at radius 1 is 0.714 bits per heavy atom. The summed E-state index contributed by atoms with van der Waals surface area (Å²) < 4.78 is 0. The number of nitrogens with one attached hydrogen (secondary N) is 2. The fraction of sp³-hybridized carbons (Fsp3) is 0.778. The summed E-state index contributed by atoms with van der Waals surface area (Å²) in [6.07, 6.45) is 0. The molecular formula is C18H34N2S. The predicted molar refractivity (Wildman–Crippen MR) is 96.5 cm³/mol. The molecule has 2 N–H and O–H groups in total. The van der Waals surface area contributed by atoms with Crippen molar-refractivity contribution in [1.29, 1.82) is 0 Å². The average molecular weight is 311 g/mol. The van der Waals surface area contributed by atoms with E-state index >= 15 is 0 Å². The first-order valence-corrected chi connectivity index (χ1v) is 9.01. The molecule has 2 nitrogen and oxygen atoms in total. The van der Waals surface area contributed by atoms with Crippen molar-refractivity contribution < 1.29 is 0 Å². The highest BCUT2D eigenvalue weighted by Crippen LogP contribution is 2.42. The van der Waals surface area contributed by atoms with E-state index in [9.17, 15) is 0 Å². The van der Waals surface area contributed by atoms with Crippen molar-refractivity contribution >= 4 is 11.3 Å². The smallest absolute Gasteiger partial charge is 0.0219 e. The normalized spacial score (nSPS) is 13.0. The standard InChI is InChI=1S/C18H34N2S/c1-9-19-11-13-14(12-20-10-2)16(18(6,7)8)21-15(13)17(3,4)5/h19-20H,9-12H2,1-8H3. The molecule has 0 aliphatic heterocycles. The van der Waals surface area contributed by atoms with Crippen LogP contribution in [0.3, 0.4) is 0 Å². The van der Waals surface area contributed by atoms with Gasteiger partial charge in [0.1, 0.15) is 0 Å². The number of rotatable bonds is 6. The Kier molecular flexibility index (Phi) is 6.45. The predicted octanol–water partition coefficient (Wildman–Crippen LogP) is 4.56. The lowest BCUT2D eigenvalue weighted by molar-refractivity contribution is 0.579. The molecule has 122 valence electrons. The van der Waals surface area contributed by atoms with Crippen LogP contribution in [-0.2, 0) is 23.9 Å². The van der Waals surface area contributed by atoms with Gasteiger partial charge in [0.25, 0.3) is 0 Å². The third kappa shape index (κ3) is 4.80. The van der Waals surface area contributed by atoms with Gasteiger partial charge >= 0.3 is 0 Å². The van der Waals surface area contributed by atoms with E-state index in [1.807, 2.05) is 11.3 Å². The van der Waals surface area contributed by atoms with Gasteiger partial charge in [-0.3, -0.25) is 0 Å². The maximum atomic E-state index is 3.54. The second-order valence-corrected chi connectivity index (χ2v) is 8.80. The van der Waals surface area contributed by atoms with Crippen molar-refractivity contribution in [3.8, 4) is 0 Å². The molecule has 0 aliphatic carbocycles. The number of thiophene rings is 1. The van der Waals surface area contributed by atoms with Crippen LogP contribution in [0.1, 0.15) is 76.3 Å². The molecule has 0 saturated carbocycles. The van der Waals surface area contributed by atoms with E-state index in [2.05, 4.69) is 66.0 Å². The highest BCUT2D eigenvalue weighted by atomic mass is 32.1. The lowest BCUT2D eigenvalue weighted by atomic mass is 9.86. The largest absolute Gasteiger partial charge is 0.313 e. The zero-order chi connectivity index (χ0) is 16.3. The lowest BCUT2D eigenvalue weighted by Crippen LogP contribution is -2.22. The van der Waals surface area contributed by atoms with Gasteiger partial charge in [0, 0.05) is 22.8 Å². The molecule has 0 unspecified atom stereocenters. The highest BCUT2D eigenvalue weighted by Gasteiger charge is 2.30. The van der Waals surface area contributed by atoms with Crippen molar-refractivity contribution in [1.82, 2.24) is 10.6 Å². The lowest BCUT2D eigenvalue weighted by Gasteiger charge is -2.20. The molecule has 0 bridgehead atoms. The highest BCUT2D eigenvalue weighted by molar-refractivity contribution is 7.12. The molecular weight excluding hydrogens is 276 g/mol. The molecule has 1 aromatic rings. The summed E-state index contributed by atoms with van der Waals surface area (Å²) >= 11 is 2.02. The van der Waals surface area contributed by atoms with E-state index < -0.39 is 0 Å². The first-order valence-electron chi connectivity index (χ1n) is 8.19. The van der Waals surface area contributed by atoms with E-state index in [1.165, 1.54) is 11.1 Å².